The third-order valence-electron chi connectivity index (χ3n) is 4.88. The minimum absolute atomic E-state index is 0.0598. The van der Waals surface area contributed by atoms with E-state index < -0.39 is 15.8 Å². The van der Waals surface area contributed by atoms with E-state index in [4.69, 9.17) is 16.3 Å². The van der Waals surface area contributed by atoms with Crippen LogP contribution >= 0.6 is 11.6 Å². The van der Waals surface area contributed by atoms with Crippen LogP contribution < -0.4 is 14.4 Å². The molecule has 6 nitrogen and oxygen atoms in total. The molecule has 33 heavy (non-hydrogen) atoms. The van der Waals surface area contributed by atoms with Crippen molar-refractivity contribution in [3.05, 3.63) is 94.8 Å². The van der Waals surface area contributed by atoms with Gasteiger partial charge in [-0.1, -0.05) is 35.9 Å². The van der Waals surface area contributed by atoms with Crippen molar-refractivity contribution in [3.63, 3.8) is 0 Å². The Morgan fingerprint density at radius 3 is 2.21 bits per heavy atom. The standard InChI is InChI=1S/C24H24ClFN2O4S/c1-17(19-5-7-20(25)8-6-19)27-24(29)16-32-23-13-11-22(12-14-23)28(33(2,30)31)15-18-3-9-21(26)10-4-18/h3-14,17H,15-16H2,1-2H3,(H,27,29)/t17-/m0/s1. The first kappa shape index (κ1) is 24.5. The maximum atomic E-state index is 13.1. The number of nitrogens with zero attached hydrogens (tertiary/aromatic N) is 1. The van der Waals surface area contributed by atoms with Crippen LogP contribution in [0, 0.1) is 5.82 Å². The molecular formula is C24H24ClFN2O4S. The number of sulfonamides is 1. The molecule has 174 valence electrons. The summed E-state index contributed by atoms with van der Waals surface area (Å²) in [5, 5.41) is 3.47. The summed E-state index contributed by atoms with van der Waals surface area (Å²) in [7, 11) is -3.58. The normalized spacial score (nSPS) is 12.1. The highest BCUT2D eigenvalue weighted by atomic mass is 35.5. The molecule has 9 heteroatoms. The van der Waals surface area contributed by atoms with E-state index in [1.54, 1.807) is 36.4 Å². The second kappa shape index (κ2) is 10.7. The summed E-state index contributed by atoms with van der Waals surface area (Å²) >= 11 is 5.88. The first-order valence-corrected chi connectivity index (χ1v) is 12.3. The lowest BCUT2D eigenvalue weighted by atomic mass is 10.1. The van der Waals surface area contributed by atoms with Crippen LogP contribution in [0.4, 0.5) is 10.1 Å². The molecule has 0 bridgehead atoms. The first-order valence-electron chi connectivity index (χ1n) is 10.1. The fourth-order valence-electron chi connectivity index (χ4n) is 3.13. The Labute approximate surface area is 198 Å². The summed E-state index contributed by atoms with van der Waals surface area (Å²) in [5.41, 5.74) is 1.99. The fourth-order valence-corrected chi connectivity index (χ4v) is 4.15. The van der Waals surface area contributed by atoms with Crippen LogP contribution in [0.1, 0.15) is 24.1 Å². The number of carbonyl (C=O) groups is 1. The minimum Gasteiger partial charge on any atom is -0.484 e. The van der Waals surface area contributed by atoms with E-state index >= 15 is 0 Å². The highest BCUT2D eigenvalue weighted by molar-refractivity contribution is 7.92. The molecule has 1 N–H and O–H groups in total. The Kier molecular flexibility index (Phi) is 7.94. The number of hydrogen-bond acceptors (Lipinski definition) is 4. The largest absolute Gasteiger partial charge is 0.484 e. The van der Waals surface area contributed by atoms with Crippen molar-refractivity contribution >= 4 is 33.2 Å². The summed E-state index contributed by atoms with van der Waals surface area (Å²) in [5.74, 6) is -0.267. The van der Waals surface area contributed by atoms with Crippen LogP contribution in [0.2, 0.25) is 5.02 Å². The van der Waals surface area contributed by atoms with Crippen LogP contribution in [-0.2, 0) is 21.4 Å². The Morgan fingerprint density at radius 2 is 1.64 bits per heavy atom. The smallest absolute Gasteiger partial charge is 0.258 e. The number of hydrogen-bond donors (Lipinski definition) is 1. The molecule has 3 rings (SSSR count). The van der Waals surface area contributed by atoms with Gasteiger partial charge in [-0.3, -0.25) is 9.10 Å². The van der Waals surface area contributed by atoms with Crippen LogP contribution in [0.15, 0.2) is 72.8 Å². The predicted molar refractivity (Wildman–Crippen MR) is 127 cm³/mol. The van der Waals surface area contributed by atoms with E-state index in [2.05, 4.69) is 5.32 Å². The summed E-state index contributed by atoms with van der Waals surface area (Å²) < 4.78 is 44.5. The molecule has 0 saturated heterocycles. The van der Waals surface area contributed by atoms with E-state index in [1.807, 2.05) is 19.1 Å². The van der Waals surface area contributed by atoms with Crippen LogP contribution in [0.3, 0.4) is 0 Å². The Morgan fingerprint density at radius 1 is 1.03 bits per heavy atom. The van der Waals surface area contributed by atoms with Gasteiger partial charge in [-0.2, -0.15) is 0 Å². The molecule has 0 heterocycles. The van der Waals surface area contributed by atoms with Crippen LogP contribution in [-0.4, -0.2) is 27.2 Å². The second-order valence-electron chi connectivity index (χ2n) is 7.52. The molecule has 0 saturated carbocycles. The molecule has 0 aliphatic heterocycles. The third kappa shape index (κ3) is 7.20. The van der Waals surface area contributed by atoms with Gasteiger partial charge in [0.1, 0.15) is 11.6 Å². The molecule has 0 aliphatic carbocycles. The molecule has 0 aromatic heterocycles. The van der Waals surface area contributed by atoms with Gasteiger partial charge in [0.15, 0.2) is 6.61 Å². The molecule has 3 aromatic rings. The second-order valence-corrected chi connectivity index (χ2v) is 9.86. The number of anilines is 1. The molecule has 0 fully saturated rings. The maximum Gasteiger partial charge on any atom is 0.258 e. The van der Waals surface area contributed by atoms with Crippen LogP contribution in [0.5, 0.6) is 5.75 Å². The highest BCUT2D eigenvalue weighted by Crippen LogP contribution is 2.24. The average molecular weight is 491 g/mol. The molecular weight excluding hydrogens is 467 g/mol. The summed E-state index contributed by atoms with van der Waals surface area (Å²) in [6.45, 7) is 1.73. The topological polar surface area (TPSA) is 75.7 Å². The Balaban J connectivity index is 1.60. The van der Waals surface area contributed by atoms with Crippen molar-refractivity contribution in [2.45, 2.75) is 19.5 Å². The molecule has 0 unspecified atom stereocenters. The predicted octanol–water partition coefficient (Wildman–Crippen LogP) is 4.70. The molecule has 0 spiro atoms. The summed E-state index contributed by atoms with van der Waals surface area (Å²) in [6, 6.07) is 19.0. The zero-order valence-electron chi connectivity index (χ0n) is 18.2. The maximum absolute atomic E-state index is 13.1. The van der Waals surface area contributed by atoms with Gasteiger partial charge in [-0.15, -0.1) is 0 Å². The van der Waals surface area contributed by atoms with Gasteiger partial charge in [0.2, 0.25) is 10.0 Å². The lowest BCUT2D eigenvalue weighted by Gasteiger charge is -2.23. The molecule has 3 aromatic carbocycles. The van der Waals surface area contributed by atoms with Gasteiger partial charge >= 0.3 is 0 Å². The van der Waals surface area contributed by atoms with E-state index in [9.17, 15) is 17.6 Å². The number of halogens is 2. The van der Waals surface area contributed by atoms with E-state index in [0.29, 0.717) is 22.0 Å². The fraction of sp³-hybridized carbons (Fsp3) is 0.208. The molecule has 0 radical (unpaired) electrons. The van der Waals surface area contributed by atoms with E-state index in [-0.39, 0.29) is 25.1 Å². The van der Waals surface area contributed by atoms with Crippen molar-refractivity contribution in [1.82, 2.24) is 5.32 Å². The van der Waals surface area contributed by atoms with Crippen molar-refractivity contribution in [3.8, 4) is 5.75 Å². The zero-order chi connectivity index (χ0) is 24.0. The number of amides is 1. The van der Waals surface area contributed by atoms with Gasteiger partial charge in [-0.05, 0) is 66.6 Å². The minimum atomic E-state index is -3.58. The first-order chi connectivity index (χ1) is 15.6. The number of ether oxygens (including phenoxy) is 1. The SMILES string of the molecule is C[C@H](NC(=O)COc1ccc(N(Cc2ccc(F)cc2)S(C)(=O)=O)cc1)c1ccc(Cl)cc1. The van der Waals surface area contributed by atoms with Crippen LogP contribution in [0.25, 0.3) is 0 Å². The average Bonchev–Trinajstić information content (AvgIpc) is 2.77. The number of nitrogens with one attached hydrogen (secondary N) is 1. The zero-order valence-corrected chi connectivity index (χ0v) is 19.7. The van der Waals surface area contributed by atoms with Crippen molar-refractivity contribution in [1.29, 1.82) is 0 Å². The number of carbonyl (C=O) groups excluding carboxylic acids is 1. The molecule has 1 atom stereocenters. The van der Waals surface area contributed by atoms with Crippen molar-refractivity contribution < 1.29 is 22.3 Å². The number of rotatable bonds is 9. The van der Waals surface area contributed by atoms with Gasteiger partial charge in [-0.25, -0.2) is 12.8 Å². The lowest BCUT2D eigenvalue weighted by molar-refractivity contribution is -0.123. The van der Waals surface area contributed by atoms with Gasteiger partial charge in [0.25, 0.3) is 5.91 Å². The van der Waals surface area contributed by atoms with Crippen molar-refractivity contribution in [2.24, 2.45) is 0 Å². The summed E-state index contributed by atoms with van der Waals surface area (Å²) in [6.07, 6.45) is 1.10. The third-order valence-corrected chi connectivity index (χ3v) is 6.27. The van der Waals surface area contributed by atoms with Crippen molar-refractivity contribution in [2.75, 3.05) is 17.2 Å². The van der Waals surface area contributed by atoms with Gasteiger partial charge in [0, 0.05) is 5.02 Å². The number of benzene rings is 3. The molecule has 1 amide bonds. The highest BCUT2D eigenvalue weighted by Gasteiger charge is 2.18. The Hall–Kier alpha value is -3.10. The van der Waals surface area contributed by atoms with E-state index in [0.717, 1.165) is 11.8 Å². The lowest BCUT2D eigenvalue weighted by Crippen LogP contribution is -2.31. The Bertz CT molecular complexity index is 1180. The van der Waals surface area contributed by atoms with Gasteiger partial charge < -0.3 is 10.1 Å². The quantitative estimate of drug-likeness (QED) is 0.471. The monoisotopic (exact) mass is 490 g/mol. The summed E-state index contributed by atoms with van der Waals surface area (Å²) in [4.78, 5) is 12.2. The van der Waals surface area contributed by atoms with Gasteiger partial charge in [0.05, 0.1) is 24.5 Å². The van der Waals surface area contributed by atoms with E-state index in [1.165, 1.54) is 28.6 Å². The molecule has 0 aliphatic rings.